The molecule has 0 bridgehead atoms. The van der Waals surface area contributed by atoms with Gasteiger partial charge >= 0.3 is 0 Å². The highest BCUT2D eigenvalue weighted by Gasteiger charge is 2.26. The molecule has 2 heterocycles. The van der Waals surface area contributed by atoms with Crippen molar-refractivity contribution < 1.29 is 22.7 Å². The second-order valence-corrected chi connectivity index (χ2v) is 10.9. The maximum Gasteiger partial charge on any atom is 0.257 e. The number of rotatable bonds is 7. The topological polar surface area (TPSA) is 118 Å². The van der Waals surface area contributed by atoms with E-state index in [-0.39, 0.29) is 16.9 Å². The summed E-state index contributed by atoms with van der Waals surface area (Å²) in [7, 11) is -2.15. The highest BCUT2D eigenvalue weighted by atomic mass is 32.2. The lowest BCUT2D eigenvalue weighted by molar-refractivity contribution is -0.114. The van der Waals surface area contributed by atoms with Gasteiger partial charge in [0, 0.05) is 38.4 Å². The maximum atomic E-state index is 12.8. The number of nitrogens with one attached hydrogen (secondary N) is 2. The molecule has 0 radical (unpaired) electrons. The van der Waals surface area contributed by atoms with Crippen LogP contribution in [0.2, 0.25) is 0 Å². The third kappa shape index (κ3) is 5.38. The molecule has 0 aliphatic carbocycles. The van der Waals surface area contributed by atoms with Crippen LogP contribution in [0.4, 0.5) is 10.8 Å². The van der Waals surface area contributed by atoms with Gasteiger partial charge in [-0.3, -0.25) is 14.9 Å². The van der Waals surface area contributed by atoms with Crippen molar-refractivity contribution in [2.75, 3.05) is 30.8 Å². The van der Waals surface area contributed by atoms with Gasteiger partial charge in [0.15, 0.2) is 5.13 Å². The summed E-state index contributed by atoms with van der Waals surface area (Å²) >= 11 is 1.28. The van der Waals surface area contributed by atoms with E-state index >= 15 is 0 Å². The predicted molar refractivity (Wildman–Crippen MR) is 127 cm³/mol. The van der Waals surface area contributed by atoms with Crippen LogP contribution in [0, 0.1) is 0 Å². The first-order chi connectivity index (χ1) is 15.7. The summed E-state index contributed by atoms with van der Waals surface area (Å²) in [6.07, 6.45) is 1.70. The fraction of sp³-hybridized carbons (Fsp3) is 0.318. The van der Waals surface area contributed by atoms with Gasteiger partial charge in [0.05, 0.1) is 21.2 Å². The van der Waals surface area contributed by atoms with E-state index in [0.717, 1.165) is 17.5 Å². The Morgan fingerprint density at radius 1 is 1.18 bits per heavy atom. The number of carbonyl (C=O) groups is 2. The zero-order valence-electron chi connectivity index (χ0n) is 18.2. The molecule has 11 heteroatoms. The molecule has 1 aliphatic heterocycles. The summed E-state index contributed by atoms with van der Waals surface area (Å²) in [6.45, 7) is 2.39. The zero-order chi connectivity index (χ0) is 23.6. The fourth-order valence-electron chi connectivity index (χ4n) is 3.56. The van der Waals surface area contributed by atoms with Gasteiger partial charge in [-0.25, -0.2) is 13.4 Å². The van der Waals surface area contributed by atoms with Crippen LogP contribution in [0.5, 0.6) is 0 Å². The molecule has 3 aromatic rings. The molecule has 0 saturated carbocycles. The molecule has 1 fully saturated rings. The van der Waals surface area contributed by atoms with Crippen molar-refractivity contribution in [2.24, 2.45) is 0 Å². The molecule has 1 saturated heterocycles. The molecule has 1 aliphatic rings. The molecule has 0 unspecified atom stereocenters. The van der Waals surface area contributed by atoms with E-state index in [1.54, 1.807) is 18.2 Å². The van der Waals surface area contributed by atoms with E-state index in [0.29, 0.717) is 35.1 Å². The predicted octanol–water partition coefficient (Wildman–Crippen LogP) is 3.31. The molecule has 2 amide bonds. The standard InChI is InChI=1S/C22H24N4O5S2/c1-14(27)23-16-7-10-19-20(12-16)32-22(24-19)25-21(28)15-5-8-18(9-6-15)33(29,30)26(2)13-17-4-3-11-31-17/h5-10,12,17H,3-4,11,13H2,1-2H3,(H,23,27)(H,24,25,28)/t17-/m0/s1. The van der Waals surface area contributed by atoms with Gasteiger partial charge < -0.3 is 10.1 Å². The van der Waals surface area contributed by atoms with Crippen LogP contribution < -0.4 is 10.6 Å². The Hall–Kier alpha value is -2.86. The number of hydrogen-bond acceptors (Lipinski definition) is 7. The molecule has 33 heavy (non-hydrogen) atoms. The van der Waals surface area contributed by atoms with E-state index in [1.165, 1.54) is 53.9 Å². The average molecular weight is 489 g/mol. The summed E-state index contributed by atoms with van der Waals surface area (Å²) in [6, 6.07) is 11.1. The smallest absolute Gasteiger partial charge is 0.257 e. The van der Waals surface area contributed by atoms with Crippen LogP contribution in [-0.4, -0.2) is 55.8 Å². The third-order valence-electron chi connectivity index (χ3n) is 5.24. The number of thiazole rings is 1. The van der Waals surface area contributed by atoms with Crippen molar-refractivity contribution >= 4 is 54.2 Å². The Morgan fingerprint density at radius 2 is 1.94 bits per heavy atom. The minimum absolute atomic E-state index is 0.0852. The molecule has 174 valence electrons. The highest BCUT2D eigenvalue weighted by molar-refractivity contribution is 7.89. The lowest BCUT2D eigenvalue weighted by atomic mass is 10.2. The molecule has 0 spiro atoms. The van der Waals surface area contributed by atoms with E-state index in [2.05, 4.69) is 15.6 Å². The van der Waals surface area contributed by atoms with Crippen molar-refractivity contribution in [3.63, 3.8) is 0 Å². The Balaban J connectivity index is 1.44. The summed E-state index contributed by atoms with van der Waals surface area (Å²) in [5.41, 5.74) is 1.66. The average Bonchev–Trinajstić information content (AvgIpc) is 3.42. The highest BCUT2D eigenvalue weighted by Crippen LogP contribution is 2.29. The minimum Gasteiger partial charge on any atom is -0.377 e. The van der Waals surface area contributed by atoms with Crippen LogP contribution in [-0.2, 0) is 19.6 Å². The normalized spacial score (nSPS) is 16.3. The lowest BCUT2D eigenvalue weighted by Crippen LogP contribution is -2.34. The fourth-order valence-corrected chi connectivity index (χ4v) is 5.66. The van der Waals surface area contributed by atoms with Crippen molar-refractivity contribution in [2.45, 2.75) is 30.8 Å². The largest absolute Gasteiger partial charge is 0.377 e. The van der Waals surface area contributed by atoms with Crippen LogP contribution in [0.3, 0.4) is 0 Å². The summed E-state index contributed by atoms with van der Waals surface area (Å²) < 4.78 is 33.3. The first-order valence-corrected chi connectivity index (χ1v) is 12.7. The first kappa shape index (κ1) is 23.3. The number of ether oxygens (including phenoxy) is 1. The SMILES string of the molecule is CC(=O)Nc1ccc2nc(NC(=O)c3ccc(S(=O)(=O)N(C)C[C@@H]4CCCO4)cc3)sc2c1. The van der Waals surface area contributed by atoms with Crippen molar-refractivity contribution in [3.8, 4) is 0 Å². The summed E-state index contributed by atoms with van der Waals surface area (Å²) in [5, 5.41) is 5.86. The van der Waals surface area contributed by atoms with Crippen LogP contribution in [0.25, 0.3) is 10.2 Å². The second kappa shape index (κ2) is 9.56. The molecular formula is C22H24N4O5S2. The number of sulfonamides is 1. The Bertz CT molecular complexity index is 1280. The van der Waals surface area contributed by atoms with Crippen molar-refractivity contribution in [1.29, 1.82) is 0 Å². The number of nitrogens with zero attached hydrogens (tertiary/aromatic N) is 2. The van der Waals surface area contributed by atoms with E-state index < -0.39 is 15.9 Å². The van der Waals surface area contributed by atoms with Crippen LogP contribution >= 0.6 is 11.3 Å². The minimum atomic E-state index is -3.68. The Kier molecular flexibility index (Phi) is 6.75. The van der Waals surface area contributed by atoms with Crippen molar-refractivity contribution in [3.05, 3.63) is 48.0 Å². The van der Waals surface area contributed by atoms with Gasteiger partial charge in [-0.1, -0.05) is 11.3 Å². The number of likely N-dealkylation sites (N-methyl/N-ethyl adjacent to an activating group) is 1. The molecule has 9 nitrogen and oxygen atoms in total. The number of hydrogen-bond donors (Lipinski definition) is 2. The zero-order valence-corrected chi connectivity index (χ0v) is 19.8. The molecule has 2 aromatic carbocycles. The number of amides is 2. The van der Waals surface area contributed by atoms with Gasteiger partial charge in [0.25, 0.3) is 5.91 Å². The number of anilines is 2. The van der Waals surface area contributed by atoms with E-state index in [9.17, 15) is 18.0 Å². The molecule has 1 atom stereocenters. The summed E-state index contributed by atoms with van der Waals surface area (Å²) in [4.78, 5) is 28.4. The van der Waals surface area contributed by atoms with E-state index in [1.807, 2.05) is 0 Å². The second-order valence-electron chi connectivity index (χ2n) is 7.78. The number of benzene rings is 2. The van der Waals surface area contributed by atoms with Crippen LogP contribution in [0.15, 0.2) is 47.4 Å². The molecule has 2 N–H and O–H groups in total. The molecule has 1 aromatic heterocycles. The van der Waals surface area contributed by atoms with Crippen molar-refractivity contribution in [1.82, 2.24) is 9.29 Å². The monoisotopic (exact) mass is 488 g/mol. The van der Waals surface area contributed by atoms with Gasteiger partial charge in [-0.15, -0.1) is 0 Å². The van der Waals surface area contributed by atoms with Gasteiger partial charge in [0.1, 0.15) is 0 Å². The van der Waals surface area contributed by atoms with Crippen LogP contribution in [0.1, 0.15) is 30.1 Å². The third-order valence-corrected chi connectivity index (χ3v) is 8.01. The number of carbonyl (C=O) groups excluding carboxylic acids is 2. The van der Waals surface area contributed by atoms with Gasteiger partial charge in [-0.2, -0.15) is 4.31 Å². The maximum absolute atomic E-state index is 12.8. The Morgan fingerprint density at radius 3 is 2.61 bits per heavy atom. The molecular weight excluding hydrogens is 464 g/mol. The van der Waals surface area contributed by atoms with Gasteiger partial charge in [0.2, 0.25) is 15.9 Å². The van der Waals surface area contributed by atoms with E-state index in [4.69, 9.17) is 4.74 Å². The summed E-state index contributed by atoms with van der Waals surface area (Å²) in [5.74, 6) is -0.566. The lowest BCUT2D eigenvalue weighted by Gasteiger charge is -2.20. The number of fused-ring (bicyclic) bond motifs is 1. The van der Waals surface area contributed by atoms with Gasteiger partial charge in [-0.05, 0) is 55.3 Å². The first-order valence-electron chi connectivity index (χ1n) is 10.4. The molecule has 4 rings (SSSR count). The quantitative estimate of drug-likeness (QED) is 0.527. The Labute approximate surface area is 195 Å². The number of aromatic nitrogens is 1.